The fourth-order valence-electron chi connectivity index (χ4n) is 5.95. The van der Waals surface area contributed by atoms with Crippen LogP contribution in [-0.4, -0.2) is 80.7 Å². The van der Waals surface area contributed by atoms with Gasteiger partial charge in [-0.2, -0.15) is 5.10 Å². The van der Waals surface area contributed by atoms with E-state index >= 15 is 0 Å². The number of piperidine rings is 1. The van der Waals surface area contributed by atoms with E-state index in [0.29, 0.717) is 34.7 Å². The number of carbonyl (C=O) groups excluding carboxylic acids is 1. The van der Waals surface area contributed by atoms with Crippen molar-refractivity contribution in [2.45, 2.75) is 58.2 Å². The van der Waals surface area contributed by atoms with Gasteiger partial charge in [-0.25, -0.2) is 14.6 Å². The zero-order valence-corrected chi connectivity index (χ0v) is 23.5. The highest BCUT2D eigenvalue weighted by Gasteiger charge is 2.42. The minimum atomic E-state index is -0.341. The molecule has 0 amide bonds. The van der Waals surface area contributed by atoms with Crippen LogP contribution < -0.4 is 4.90 Å². The second kappa shape index (κ2) is 11.3. The lowest BCUT2D eigenvalue weighted by molar-refractivity contribution is -0.151. The molecule has 1 aromatic carbocycles. The van der Waals surface area contributed by atoms with Crippen LogP contribution in [0.4, 0.5) is 5.82 Å². The molecule has 204 valence electrons. The molecule has 4 heterocycles. The summed E-state index contributed by atoms with van der Waals surface area (Å²) in [6.07, 6.45) is 4.51. The molecule has 3 aromatic rings. The van der Waals surface area contributed by atoms with Gasteiger partial charge in [-0.15, -0.1) is 0 Å². The molecule has 11 heteroatoms. The van der Waals surface area contributed by atoms with Crippen molar-refractivity contribution in [3.63, 3.8) is 0 Å². The Morgan fingerprint density at radius 3 is 2.82 bits per heavy atom. The first kappa shape index (κ1) is 27.1. The number of likely N-dealkylation sites (tertiary alicyclic amines) is 1. The molecule has 2 saturated heterocycles. The Bertz CT molecular complexity index is 1320. The third kappa shape index (κ3) is 5.09. The Kier molecular flexibility index (Phi) is 8.09. The van der Waals surface area contributed by atoms with Crippen LogP contribution in [0.1, 0.15) is 50.4 Å². The van der Waals surface area contributed by atoms with Crippen molar-refractivity contribution in [3.05, 3.63) is 45.7 Å². The van der Waals surface area contributed by atoms with Crippen LogP contribution in [0.3, 0.4) is 0 Å². The highest BCUT2D eigenvalue weighted by atomic mass is 35.5. The highest BCUT2D eigenvalue weighted by Crippen LogP contribution is 2.34. The van der Waals surface area contributed by atoms with Gasteiger partial charge in [0.2, 0.25) is 0 Å². The predicted octanol–water partition coefficient (Wildman–Crippen LogP) is 4.27. The molecule has 2 aromatic heterocycles. The van der Waals surface area contributed by atoms with E-state index in [2.05, 4.69) is 9.80 Å². The standard InChI is InChI=1S/C27H34Cl2N6O3/c1-4-38-27(37)21-14-33(11-9-23(21)34-10-5-6-19(34)15-36)24-13-30-25-16(2)32-35(26(25)31-24)17(3)20-8-7-18(28)12-22(20)29/h7-8,12-13,17,19,21,23,36H,4-6,9-11,14-15H2,1-3H3/t17-,19+,21?,23?/m1/s1. The van der Waals surface area contributed by atoms with Crippen molar-refractivity contribution in [2.24, 2.45) is 5.92 Å². The number of carbonyl (C=O) groups is 1. The Labute approximate surface area is 232 Å². The maximum Gasteiger partial charge on any atom is 0.312 e. The maximum absolute atomic E-state index is 13.1. The molecule has 0 bridgehead atoms. The lowest BCUT2D eigenvalue weighted by Gasteiger charge is -2.43. The summed E-state index contributed by atoms with van der Waals surface area (Å²) >= 11 is 12.6. The van der Waals surface area contributed by atoms with Gasteiger partial charge in [0, 0.05) is 35.2 Å². The van der Waals surface area contributed by atoms with Crippen LogP contribution in [0, 0.1) is 12.8 Å². The number of anilines is 1. The summed E-state index contributed by atoms with van der Waals surface area (Å²) in [6, 6.07) is 5.38. The second-order valence-electron chi connectivity index (χ2n) is 10.1. The van der Waals surface area contributed by atoms with Crippen molar-refractivity contribution in [1.29, 1.82) is 0 Å². The number of rotatable bonds is 7. The first-order valence-corrected chi connectivity index (χ1v) is 14.0. The van der Waals surface area contributed by atoms with Crippen LogP contribution in [0.25, 0.3) is 11.2 Å². The molecule has 2 aliphatic rings. The zero-order valence-electron chi connectivity index (χ0n) is 22.0. The van der Waals surface area contributed by atoms with Gasteiger partial charge >= 0.3 is 5.97 Å². The summed E-state index contributed by atoms with van der Waals surface area (Å²) in [5.41, 5.74) is 3.06. The summed E-state index contributed by atoms with van der Waals surface area (Å²) in [4.78, 5) is 27.2. The second-order valence-corrected chi connectivity index (χ2v) is 11.0. The van der Waals surface area contributed by atoms with E-state index in [-0.39, 0.29) is 36.6 Å². The molecule has 2 aliphatic heterocycles. The number of ether oxygens (including phenoxy) is 1. The van der Waals surface area contributed by atoms with Crippen molar-refractivity contribution in [1.82, 2.24) is 24.6 Å². The fraction of sp³-hybridized carbons (Fsp3) is 0.556. The molecule has 0 aliphatic carbocycles. The monoisotopic (exact) mass is 560 g/mol. The number of nitrogens with zero attached hydrogens (tertiary/aromatic N) is 6. The predicted molar refractivity (Wildman–Crippen MR) is 148 cm³/mol. The number of aliphatic hydroxyl groups is 1. The molecular formula is C27H34Cl2N6O3. The van der Waals surface area contributed by atoms with Gasteiger partial charge < -0.3 is 14.7 Å². The topological polar surface area (TPSA) is 96.6 Å². The SMILES string of the molecule is CCOC(=O)C1CN(c2cnc3c(C)nn([C@H](C)c4ccc(Cl)cc4Cl)c3n2)CCC1N1CCC[C@H]1CO. The van der Waals surface area contributed by atoms with E-state index in [0.717, 1.165) is 49.1 Å². The van der Waals surface area contributed by atoms with Gasteiger partial charge in [0.25, 0.3) is 0 Å². The average molecular weight is 562 g/mol. The molecule has 1 N–H and O–H groups in total. The highest BCUT2D eigenvalue weighted by molar-refractivity contribution is 6.35. The van der Waals surface area contributed by atoms with Crippen LogP contribution in [0.5, 0.6) is 0 Å². The van der Waals surface area contributed by atoms with Gasteiger partial charge in [-0.3, -0.25) is 9.69 Å². The van der Waals surface area contributed by atoms with E-state index in [9.17, 15) is 9.90 Å². The van der Waals surface area contributed by atoms with E-state index in [1.807, 2.05) is 37.6 Å². The van der Waals surface area contributed by atoms with Crippen LogP contribution in [-0.2, 0) is 9.53 Å². The summed E-state index contributed by atoms with van der Waals surface area (Å²) in [7, 11) is 0. The van der Waals surface area contributed by atoms with Gasteiger partial charge in [0.15, 0.2) is 5.65 Å². The smallest absolute Gasteiger partial charge is 0.312 e. The Morgan fingerprint density at radius 1 is 1.26 bits per heavy atom. The van der Waals surface area contributed by atoms with Crippen molar-refractivity contribution < 1.29 is 14.6 Å². The van der Waals surface area contributed by atoms with Gasteiger partial charge in [-0.05, 0) is 64.3 Å². The number of hydrogen-bond donors (Lipinski definition) is 1. The number of esters is 1. The van der Waals surface area contributed by atoms with Gasteiger partial charge in [0.1, 0.15) is 11.3 Å². The minimum absolute atomic E-state index is 0.0291. The minimum Gasteiger partial charge on any atom is -0.466 e. The van der Waals surface area contributed by atoms with Gasteiger partial charge in [0.05, 0.1) is 37.1 Å². The van der Waals surface area contributed by atoms with Crippen molar-refractivity contribution >= 4 is 46.2 Å². The molecule has 9 nitrogen and oxygen atoms in total. The largest absolute Gasteiger partial charge is 0.466 e. The van der Waals surface area contributed by atoms with Crippen molar-refractivity contribution in [2.75, 3.05) is 37.7 Å². The third-order valence-electron chi connectivity index (χ3n) is 7.89. The number of benzene rings is 1. The molecule has 0 spiro atoms. The quantitative estimate of drug-likeness (QED) is 0.428. The van der Waals surface area contributed by atoms with Gasteiger partial charge in [-0.1, -0.05) is 29.3 Å². The molecule has 2 unspecified atom stereocenters. The van der Waals surface area contributed by atoms with Crippen LogP contribution in [0.2, 0.25) is 10.0 Å². The lowest BCUT2D eigenvalue weighted by atomic mass is 9.90. The molecule has 0 radical (unpaired) electrons. The normalized spacial score (nSPS) is 23.2. The number of aromatic nitrogens is 4. The number of hydrogen-bond acceptors (Lipinski definition) is 8. The third-order valence-corrected chi connectivity index (χ3v) is 8.45. The van der Waals surface area contributed by atoms with Crippen LogP contribution >= 0.6 is 23.2 Å². The number of aryl methyl sites for hydroxylation is 1. The number of halogens is 2. The zero-order chi connectivity index (χ0) is 27.0. The molecule has 38 heavy (non-hydrogen) atoms. The van der Waals surface area contributed by atoms with E-state index < -0.39 is 0 Å². The number of aliphatic hydroxyl groups excluding tert-OH is 1. The van der Waals surface area contributed by atoms with E-state index in [1.54, 1.807) is 12.3 Å². The Hall–Kier alpha value is -2.46. The molecular weight excluding hydrogens is 527 g/mol. The first-order chi connectivity index (χ1) is 18.3. The summed E-state index contributed by atoms with van der Waals surface area (Å²) < 4.78 is 7.34. The van der Waals surface area contributed by atoms with Crippen LogP contribution in [0.15, 0.2) is 24.4 Å². The maximum atomic E-state index is 13.1. The molecule has 2 fully saturated rings. The molecule has 5 rings (SSSR count). The summed E-state index contributed by atoms with van der Waals surface area (Å²) in [5.74, 6) is 0.152. The lowest BCUT2D eigenvalue weighted by Crippen LogP contribution is -2.56. The van der Waals surface area contributed by atoms with E-state index in [4.69, 9.17) is 43.0 Å². The Balaban J connectivity index is 1.46. The van der Waals surface area contributed by atoms with Crippen molar-refractivity contribution in [3.8, 4) is 0 Å². The van der Waals surface area contributed by atoms with E-state index in [1.165, 1.54) is 0 Å². The summed E-state index contributed by atoms with van der Waals surface area (Å²) in [6.45, 7) is 8.30. The Morgan fingerprint density at radius 2 is 2.08 bits per heavy atom. The molecule has 4 atom stereocenters. The summed E-state index contributed by atoms with van der Waals surface area (Å²) in [5, 5.41) is 15.8. The first-order valence-electron chi connectivity index (χ1n) is 13.3. The average Bonchev–Trinajstić information content (AvgIpc) is 3.52. The number of fused-ring (bicyclic) bond motifs is 1. The molecule has 0 saturated carbocycles. The fourth-order valence-corrected chi connectivity index (χ4v) is 6.52.